The molecule has 0 aliphatic heterocycles. The number of hydrogen-bond donors (Lipinski definition) is 1. The molecule has 0 saturated heterocycles. The first kappa shape index (κ1) is 18.1. The molecule has 0 aromatic heterocycles. The number of alkyl halides is 1. The highest BCUT2D eigenvalue weighted by atomic mass is 35.5. The van der Waals surface area contributed by atoms with Gasteiger partial charge in [-0.25, -0.2) is 0 Å². The van der Waals surface area contributed by atoms with Gasteiger partial charge in [0.2, 0.25) is 0 Å². The van der Waals surface area contributed by atoms with Gasteiger partial charge in [0.1, 0.15) is 6.61 Å². The maximum atomic E-state index is 5.78. The minimum Gasteiger partial charge on any atom is -0.490 e. The van der Waals surface area contributed by atoms with E-state index < -0.39 is 0 Å². The molecule has 0 spiro atoms. The molecule has 4 heteroatoms. The zero-order valence-corrected chi connectivity index (χ0v) is 14.2. The van der Waals surface area contributed by atoms with E-state index in [1.165, 1.54) is 0 Å². The van der Waals surface area contributed by atoms with E-state index in [1.807, 2.05) is 31.2 Å². The van der Waals surface area contributed by atoms with Gasteiger partial charge in [-0.2, -0.15) is 0 Å². The molecule has 0 fully saturated rings. The van der Waals surface area contributed by atoms with Crippen LogP contribution < -0.4 is 14.8 Å². The lowest BCUT2D eigenvalue weighted by Crippen LogP contribution is -2.32. The first-order chi connectivity index (χ1) is 10.1. The predicted octanol–water partition coefficient (Wildman–Crippen LogP) is 4.10. The number of para-hydroxylation sites is 2. The maximum Gasteiger partial charge on any atom is 0.161 e. The van der Waals surface area contributed by atoms with Crippen LogP contribution in [0.1, 0.15) is 33.6 Å². The van der Waals surface area contributed by atoms with Crippen LogP contribution in [0, 0.1) is 5.41 Å². The van der Waals surface area contributed by atoms with E-state index >= 15 is 0 Å². The first-order valence-electron chi connectivity index (χ1n) is 7.70. The SMILES string of the molecule is CCOc1ccccc1OCCNCC(C)(C)CCCCl. The molecule has 0 heterocycles. The summed E-state index contributed by atoms with van der Waals surface area (Å²) >= 11 is 5.75. The highest BCUT2D eigenvalue weighted by Crippen LogP contribution is 2.26. The first-order valence-corrected chi connectivity index (χ1v) is 8.24. The molecule has 120 valence electrons. The van der Waals surface area contributed by atoms with E-state index in [4.69, 9.17) is 21.1 Å². The van der Waals surface area contributed by atoms with Gasteiger partial charge in [0.15, 0.2) is 11.5 Å². The van der Waals surface area contributed by atoms with E-state index in [9.17, 15) is 0 Å². The van der Waals surface area contributed by atoms with Gasteiger partial charge >= 0.3 is 0 Å². The third-order valence-corrected chi connectivity index (χ3v) is 3.54. The molecule has 0 aliphatic carbocycles. The van der Waals surface area contributed by atoms with Crippen LogP contribution in [-0.4, -0.2) is 32.2 Å². The van der Waals surface area contributed by atoms with Gasteiger partial charge < -0.3 is 14.8 Å². The van der Waals surface area contributed by atoms with Gasteiger partial charge in [-0.1, -0.05) is 26.0 Å². The summed E-state index contributed by atoms with van der Waals surface area (Å²) < 4.78 is 11.3. The summed E-state index contributed by atoms with van der Waals surface area (Å²) in [4.78, 5) is 0. The fourth-order valence-electron chi connectivity index (χ4n) is 2.14. The predicted molar refractivity (Wildman–Crippen MR) is 89.7 cm³/mol. The van der Waals surface area contributed by atoms with Gasteiger partial charge in [0, 0.05) is 19.0 Å². The lowest BCUT2D eigenvalue weighted by atomic mass is 9.88. The highest BCUT2D eigenvalue weighted by Gasteiger charge is 2.16. The Morgan fingerprint density at radius 3 is 2.43 bits per heavy atom. The second-order valence-electron chi connectivity index (χ2n) is 5.86. The largest absolute Gasteiger partial charge is 0.490 e. The molecule has 0 aliphatic rings. The van der Waals surface area contributed by atoms with Crippen molar-refractivity contribution in [3.8, 4) is 11.5 Å². The summed E-state index contributed by atoms with van der Waals surface area (Å²) in [5, 5.41) is 3.45. The van der Waals surface area contributed by atoms with E-state index in [0.717, 1.165) is 43.3 Å². The van der Waals surface area contributed by atoms with E-state index in [-0.39, 0.29) is 5.41 Å². The molecule has 0 saturated carbocycles. The van der Waals surface area contributed by atoms with Crippen LogP contribution in [-0.2, 0) is 0 Å². The number of ether oxygens (including phenoxy) is 2. The maximum absolute atomic E-state index is 5.78. The molecule has 0 amide bonds. The van der Waals surface area contributed by atoms with Crippen molar-refractivity contribution in [3.05, 3.63) is 24.3 Å². The molecule has 21 heavy (non-hydrogen) atoms. The molecule has 0 atom stereocenters. The van der Waals surface area contributed by atoms with Gasteiger partial charge in [-0.15, -0.1) is 11.6 Å². The summed E-state index contributed by atoms with van der Waals surface area (Å²) in [5.74, 6) is 2.35. The van der Waals surface area contributed by atoms with Crippen LogP contribution in [0.15, 0.2) is 24.3 Å². The fraction of sp³-hybridized carbons (Fsp3) is 0.647. The Kier molecular flexibility index (Phi) is 8.55. The van der Waals surface area contributed by atoms with Crippen LogP contribution in [0.3, 0.4) is 0 Å². The zero-order valence-electron chi connectivity index (χ0n) is 13.5. The summed E-state index contributed by atoms with van der Waals surface area (Å²) in [6, 6.07) is 7.78. The molecular weight excluding hydrogens is 286 g/mol. The lowest BCUT2D eigenvalue weighted by Gasteiger charge is -2.24. The topological polar surface area (TPSA) is 30.5 Å². The molecule has 1 rings (SSSR count). The number of nitrogens with one attached hydrogen (secondary N) is 1. The van der Waals surface area contributed by atoms with Crippen molar-refractivity contribution < 1.29 is 9.47 Å². The number of benzene rings is 1. The highest BCUT2D eigenvalue weighted by molar-refractivity contribution is 6.17. The Morgan fingerprint density at radius 2 is 1.81 bits per heavy atom. The third kappa shape index (κ3) is 7.58. The average Bonchev–Trinajstić information content (AvgIpc) is 2.47. The molecule has 1 N–H and O–H groups in total. The summed E-state index contributed by atoms with van der Waals surface area (Å²) in [5.41, 5.74) is 0.276. The monoisotopic (exact) mass is 313 g/mol. The lowest BCUT2D eigenvalue weighted by molar-refractivity contribution is 0.261. The van der Waals surface area contributed by atoms with Crippen molar-refractivity contribution in [3.63, 3.8) is 0 Å². The van der Waals surface area contributed by atoms with Crippen LogP contribution in [0.25, 0.3) is 0 Å². The van der Waals surface area contributed by atoms with Gasteiger partial charge in [0.05, 0.1) is 6.61 Å². The van der Waals surface area contributed by atoms with Gasteiger partial charge in [0.25, 0.3) is 0 Å². The fourth-order valence-corrected chi connectivity index (χ4v) is 2.27. The minimum absolute atomic E-state index is 0.276. The molecular formula is C17H28ClNO2. The second-order valence-corrected chi connectivity index (χ2v) is 6.24. The van der Waals surface area contributed by atoms with Crippen LogP contribution >= 0.6 is 11.6 Å². The Bertz CT molecular complexity index is 396. The van der Waals surface area contributed by atoms with Crippen molar-refractivity contribution in [2.45, 2.75) is 33.6 Å². The normalized spacial score (nSPS) is 11.4. The Morgan fingerprint density at radius 1 is 1.14 bits per heavy atom. The minimum atomic E-state index is 0.276. The van der Waals surface area contributed by atoms with Crippen LogP contribution in [0.5, 0.6) is 11.5 Å². The molecule has 1 aromatic rings. The average molecular weight is 314 g/mol. The van der Waals surface area contributed by atoms with Gasteiger partial charge in [-0.3, -0.25) is 0 Å². The molecule has 1 aromatic carbocycles. The number of hydrogen-bond acceptors (Lipinski definition) is 3. The van der Waals surface area contributed by atoms with E-state index in [0.29, 0.717) is 13.2 Å². The third-order valence-electron chi connectivity index (χ3n) is 3.28. The summed E-state index contributed by atoms with van der Waals surface area (Å²) in [6.45, 7) is 9.57. The van der Waals surface area contributed by atoms with E-state index in [1.54, 1.807) is 0 Å². The Balaban J connectivity index is 2.25. The smallest absolute Gasteiger partial charge is 0.161 e. The number of rotatable bonds is 11. The van der Waals surface area contributed by atoms with Crippen molar-refractivity contribution in [1.29, 1.82) is 0 Å². The van der Waals surface area contributed by atoms with Crippen molar-refractivity contribution >= 4 is 11.6 Å². The van der Waals surface area contributed by atoms with Crippen LogP contribution in [0.2, 0.25) is 0 Å². The van der Waals surface area contributed by atoms with Crippen molar-refractivity contribution in [1.82, 2.24) is 5.32 Å². The standard InChI is InChI=1S/C17H28ClNO2/c1-4-20-15-8-5-6-9-16(15)21-13-12-19-14-17(2,3)10-7-11-18/h5-6,8-9,19H,4,7,10-14H2,1-3H3. The summed E-state index contributed by atoms with van der Waals surface area (Å²) in [7, 11) is 0. The second kappa shape index (κ2) is 9.91. The zero-order chi connectivity index (χ0) is 15.6. The van der Waals surface area contributed by atoms with Crippen molar-refractivity contribution in [2.24, 2.45) is 5.41 Å². The summed E-state index contributed by atoms with van der Waals surface area (Å²) in [6.07, 6.45) is 2.20. The Hall–Kier alpha value is -0.930. The van der Waals surface area contributed by atoms with E-state index in [2.05, 4.69) is 19.2 Å². The Labute approximate surface area is 134 Å². The number of halogens is 1. The molecule has 0 radical (unpaired) electrons. The van der Waals surface area contributed by atoms with Gasteiger partial charge in [-0.05, 0) is 37.3 Å². The molecule has 0 bridgehead atoms. The molecule has 3 nitrogen and oxygen atoms in total. The van der Waals surface area contributed by atoms with Crippen LogP contribution in [0.4, 0.5) is 0 Å². The van der Waals surface area contributed by atoms with Crippen molar-refractivity contribution in [2.75, 3.05) is 32.2 Å². The molecule has 0 unspecified atom stereocenters. The quantitative estimate of drug-likeness (QED) is 0.493.